The Morgan fingerprint density at radius 1 is 1.12 bits per heavy atom. The zero-order valence-corrected chi connectivity index (χ0v) is 14.6. The van der Waals surface area contributed by atoms with Gasteiger partial charge in [-0.05, 0) is 42.0 Å². The van der Waals surface area contributed by atoms with E-state index in [9.17, 15) is 14.4 Å². The second kappa shape index (κ2) is 7.10. The van der Waals surface area contributed by atoms with Gasteiger partial charge in [-0.2, -0.15) is 0 Å². The second-order valence-corrected chi connectivity index (χ2v) is 8.53. The van der Waals surface area contributed by atoms with Crippen LogP contribution >= 0.6 is 7.60 Å². The largest absolute Gasteiger partial charge is 0.489 e. The van der Waals surface area contributed by atoms with Crippen molar-refractivity contribution in [3.05, 3.63) is 65.7 Å². The highest BCUT2D eigenvalue weighted by Gasteiger charge is 2.42. The molecule has 1 aliphatic rings. The molecule has 3 rings (SSSR count). The maximum absolute atomic E-state index is 11.7. The molecule has 2 aromatic carbocycles. The highest BCUT2D eigenvalue weighted by Crippen LogP contribution is 2.55. The third-order valence-corrected chi connectivity index (χ3v) is 6.05. The molecule has 0 saturated heterocycles. The highest BCUT2D eigenvalue weighted by molar-refractivity contribution is 7.52. The number of hydrogen-bond acceptors (Lipinski definition) is 2. The lowest BCUT2D eigenvalue weighted by Crippen LogP contribution is -2.18. The standard InChI is InChI=1S/C19H23O4P/c1-14(24(20,21)22)19(16-10-11-16)17-8-5-9-18(12-17)23-13-15-6-3-2-4-7-15/h2-9,12,14,16,19H,10-11,13H2,1H3,(H2,20,21,22). The average Bonchev–Trinajstić information content (AvgIpc) is 3.38. The molecule has 0 radical (unpaired) electrons. The molecule has 0 aromatic heterocycles. The van der Waals surface area contributed by atoms with Crippen LogP contribution in [0.3, 0.4) is 0 Å². The first kappa shape index (κ1) is 17.2. The lowest BCUT2D eigenvalue weighted by molar-refractivity contribution is 0.305. The van der Waals surface area contributed by atoms with Crippen molar-refractivity contribution in [1.29, 1.82) is 0 Å². The summed E-state index contributed by atoms with van der Waals surface area (Å²) < 4.78 is 17.6. The third-order valence-electron chi connectivity index (χ3n) is 4.67. The first-order valence-electron chi connectivity index (χ1n) is 8.27. The Labute approximate surface area is 142 Å². The zero-order valence-electron chi connectivity index (χ0n) is 13.7. The van der Waals surface area contributed by atoms with Crippen LogP contribution in [0, 0.1) is 5.92 Å². The predicted octanol–water partition coefficient (Wildman–Crippen LogP) is 4.33. The van der Waals surface area contributed by atoms with Crippen molar-refractivity contribution in [2.45, 2.75) is 37.9 Å². The summed E-state index contributed by atoms with van der Waals surface area (Å²) in [7, 11) is -4.11. The van der Waals surface area contributed by atoms with Crippen molar-refractivity contribution in [1.82, 2.24) is 0 Å². The molecule has 0 aliphatic heterocycles. The van der Waals surface area contributed by atoms with Gasteiger partial charge in [0.2, 0.25) is 0 Å². The van der Waals surface area contributed by atoms with E-state index in [1.807, 2.05) is 54.6 Å². The summed E-state index contributed by atoms with van der Waals surface area (Å²) >= 11 is 0. The second-order valence-electron chi connectivity index (χ2n) is 6.54. The molecule has 2 atom stereocenters. The Morgan fingerprint density at radius 3 is 2.46 bits per heavy atom. The van der Waals surface area contributed by atoms with Gasteiger partial charge in [-0.3, -0.25) is 4.57 Å². The number of benzene rings is 2. The average molecular weight is 346 g/mol. The first-order valence-corrected chi connectivity index (χ1v) is 9.95. The molecule has 2 aromatic rings. The summed E-state index contributed by atoms with van der Waals surface area (Å²) in [6, 6.07) is 17.6. The minimum absolute atomic E-state index is 0.119. The Balaban J connectivity index is 1.77. The van der Waals surface area contributed by atoms with E-state index >= 15 is 0 Å². The summed E-state index contributed by atoms with van der Waals surface area (Å²) in [5.41, 5.74) is 1.37. The lowest BCUT2D eigenvalue weighted by atomic mass is 9.91. The van der Waals surface area contributed by atoms with Crippen molar-refractivity contribution in [3.63, 3.8) is 0 Å². The van der Waals surface area contributed by atoms with Gasteiger partial charge in [0.15, 0.2) is 0 Å². The molecule has 1 saturated carbocycles. The molecule has 0 amide bonds. The van der Waals surface area contributed by atoms with Gasteiger partial charge in [0.05, 0.1) is 5.66 Å². The predicted molar refractivity (Wildman–Crippen MR) is 94.2 cm³/mol. The van der Waals surface area contributed by atoms with Crippen molar-refractivity contribution in [2.24, 2.45) is 5.92 Å². The van der Waals surface area contributed by atoms with Gasteiger partial charge in [-0.1, -0.05) is 49.4 Å². The SMILES string of the molecule is CC(C(c1cccc(OCc2ccccc2)c1)C1CC1)P(=O)(O)O. The van der Waals surface area contributed by atoms with Crippen LogP contribution in [-0.2, 0) is 11.2 Å². The Hall–Kier alpha value is -1.61. The Kier molecular flexibility index (Phi) is 5.09. The molecule has 0 bridgehead atoms. The summed E-state index contributed by atoms with van der Waals surface area (Å²) in [6.07, 6.45) is 2.06. The maximum atomic E-state index is 11.7. The minimum Gasteiger partial charge on any atom is -0.489 e. The topological polar surface area (TPSA) is 66.8 Å². The van der Waals surface area contributed by atoms with Crippen LogP contribution in [-0.4, -0.2) is 15.4 Å². The molecule has 5 heteroatoms. The molecule has 0 heterocycles. The van der Waals surface area contributed by atoms with Gasteiger partial charge in [-0.15, -0.1) is 0 Å². The van der Waals surface area contributed by atoms with Gasteiger partial charge in [-0.25, -0.2) is 0 Å². The summed E-state index contributed by atoms with van der Waals surface area (Å²) in [6.45, 7) is 2.13. The number of ether oxygens (including phenoxy) is 1. The summed E-state index contributed by atoms with van der Waals surface area (Å²) in [5, 5.41) is 0. The van der Waals surface area contributed by atoms with Gasteiger partial charge in [0.1, 0.15) is 12.4 Å². The van der Waals surface area contributed by atoms with E-state index in [0.717, 1.165) is 29.7 Å². The van der Waals surface area contributed by atoms with Crippen LogP contribution in [0.5, 0.6) is 5.75 Å². The molecule has 2 unspecified atom stereocenters. The number of hydrogen-bond donors (Lipinski definition) is 2. The molecule has 1 aliphatic carbocycles. The fraction of sp³-hybridized carbons (Fsp3) is 0.368. The van der Waals surface area contributed by atoms with Gasteiger partial charge in [0.25, 0.3) is 0 Å². The summed E-state index contributed by atoms with van der Waals surface area (Å²) in [5.74, 6) is 0.975. The normalized spacial score (nSPS) is 17.3. The van der Waals surface area contributed by atoms with E-state index in [1.165, 1.54) is 0 Å². The van der Waals surface area contributed by atoms with Crippen molar-refractivity contribution < 1.29 is 19.1 Å². The smallest absolute Gasteiger partial charge is 0.328 e. The van der Waals surface area contributed by atoms with Crippen molar-refractivity contribution >= 4 is 7.60 Å². The van der Waals surface area contributed by atoms with Crippen molar-refractivity contribution in [2.75, 3.05) is 0 Å². The van der Waals surface area contributed by atoms with Crippen LogP contribution in [0.25, 0.3) is 0 Å². The van der Waals surface area contributed by atoms with E-state index < -0.39 is 13.3 Å². The molecular formula is C19H23O4P. The molecule has 2 N–H and O–H groups in total. The number of rotatable bonds is 7. The Bertz CT molecular complexity index is 721. The quantitative estimate of drug-likeness (QED) is 0.733. The van der Waals surface area contributed by atoms with E-state index in [2.05, 4.69) is 0 Å². The van der Waals surface area contributed by atoms with E-state index in [1.54, 1.807) is 6.92 Å². The molecule has 128 valence electrons. The van der Waals surface area contributed by atoms with Crippen molar-refractivity contribution in [3.8, 4) is 5.75 Å². The summed E-state index contributed by atoms with van der Waals surface area (Å²) in [4.78, 5) is 19.2. The van der Waals surface area contributed by atoms with E-state index in [-0.39, 0.29) is 5.92 Å². The van der Waals surface area contributed by atoms with E-state index in [0.29, 0.717) is 12.5 Å². The monoisotopic (exact) mass is 346 g/mol. The first-order chi connectivity index (χ1) is 11.4. The van der Waals surface area contributed by atoms with E-state index in [4.69, 9.17) is 4.74 Å². The third kappa shape index (κ3) is 4.27. The van der Waals surface area contributed by atoms with Crippen LogP contribution < -0.4 is 4.74 Å². The fourth-order valence-corrected chi connectivity index (χ4v) is 4.00. The minimum atomic E-state index is -4.11. The van der Waals surface area contributed by atoms with Gasteiger partial charge < -0.3 is 14.5 Å². The highest BCUT2D eigenvalue weighted by atomic mass is 31.2. The molecule has 24 heavy (non-hydrogen) atoms. The fourth-order valence-electron chi connectivity index (χ4n) is 3.16. The van der Waals surface area contributed by atoms with Crippen LogP contribution in [0.15, 0.2) is 54.6 Å². The lowest BCUT2D eigenvalue weighted by Gasteiger charge is -2.25. The Morgan fingerprint density at radius 2 is 1.83 bits per heavy atom. The zero-order chi connectivity index (χ0) is 17.2. The van der Waals surface area contributed by atoms with Crippen LogP contribution in [0.4, 0.5) is 0 Å². The maximum Gasteiger partial charge on any atom is 0.328 e. The molecule has 0 spiro atoms. The van der Waals surface area contributed by atoms with Crippen LogP contribution in [0.2, 0.25) is 0 Å². The van der Waals surface area contributed by atoms with Gasteiger partial charge in [0, 0.05) is 5.92 Å². The van der Waals surface area contributed by atoms with Gasteiger partial charge >= 0.3 is 7.60 Å². The molecule has 4 nitrogen and oxygen atoms in total. The van der Waals surface area contributed by atoms with Crippen LogP contribution in [0.1, 0.15) is 36.8 Å². The molecular weight excluding hydrogens is 323 g/mol. The molecule has 1 fully saturated rings.